The summed E-state index contributed by atoms with van der Waals surface area (Å²) < 4.78 is 0. The van der Waals surface area contributed by atoms with E-state index in [4.69, 9.17) is 0 Å². The van der Waals surface area contributed by atoms with Crippen molar-refractivity contribution in [1.29, 1.82) is 0 Å². The van der Waals surface area contributed by atoms with E-state index in [2.05, 4.69) is 32.7 Å². The molecule has 0 spiro atoms. The first kappa shape index (κ1) is 11.4. The maximum atomic E-state index is 9.43. The van der Waals surface area contributed by atoms with Crippen LogP contribution in [0.5, 0.6) is 0 Å². The molecule has 0 radical (unpaired) electrons. The third kappa shape index (κ3) is 3.94. The molecule has 4 heteroatoms. The number of halogens is 1. The van der Waals surface area contributed by atoms with Crippen molar-refractivity contribution in [2.24, 2.45) is 0 Å². The van der Waals surface area contributed by atoms with E-state index in [0.717, 1.165) is 39.3 Å². The van der Waals surface area contributed by atoms with Crippen LogP contribution >= 0.6 is 15.9 Å². The predicted octanol–water partition coefficient (Wildman–Crippen LogP) is 0.380. The third-order valence-electron chi connectivity index (χ3n) is 2.56. The largest absolute Gasteiger partial charge is 0.391 e. The van der Waals surface area contributed by atoms with Crippen LogP contribution in [0.1, 0.15) is 6.92 Å². The molecule has 13 heavy (non-hydrogen) atoms. The fraction of sp³-hybridized carbons (Fsp3) is 1.00. The molecule has 0 saturated carbocycles. The molecule has 1 aliphatic rings. The molecule has 78 valence electrons. The van der Waals surface area contributed by atoms with Gasteiger partial charge in [-0.2, -0.15) is 0 Å². The highest BCUT2D eigenvalue weighted by Gasteiger charge is 2.17. The highest BCUT2D eigenvalue weighted by molar-refractivity contribution is 9.09. The summed E-state index contributed by atoms with van der Waals surface area (Å²) in [4.78, 5) is 4.77. The van der Waals surface area contributed by atoms with E-state index in [1.165, 1.54) is 0 Å². The molecule has 1 unspecified atom stereocenters. The Bertz CT molecular complexity index is 138. The molecule has 0 amide bonds. The molecule has 0 aliphatic carbocycles. The van der Waals surface area contributed by atoms with E-state index in [9.17, 15) is 5.11 Å². The van der Waals surface area contributed by atoms with Crippen molar-refractivity contribution in [3.8, 4) is 0 Å². The zero-order chi connectivity index (χ0) is 9.68. The third-order valence-corrected chi connectivity index (χ3v) is 3.31. The zero-order valence-electron chi connectivity index (χ0n) is 8.25. The second-order valence-corrected chi connectivity index (χ2v) is 4.19. The van der Waals surface area contributed by atoms with Crippen LogP contribution in [0.3, 0.4) is 0 Å². The molecule has 1 heterocycles. The number of piperazine rings is 1. The summed E-state index contributed by atoms with van der Waals surface area (Å²) in [6.45, 7) is 8.63. The maximum absolute atomic E-state index is 9.43. The fourth-order valence-electron chi connectivity index (χ4n) is 1.63. The number of alkyl halides is 1. The summed E-state index contributed by atoms with van der Waals surface area (Å²) in [7, 11) is 0. The smallest absolute Gasteiger partial charge is 0.0763 e. The maximum Gasteiger partial charge on any atom is 0.0763 e. The van der Waals surface area contributed by atoms with Crippen LogP contribution in [-0.4, -0.2) is 65.6 Å². The molecular weight excluding hydrogens is 232 g/mol. The standard InChI is InChI=1S/C9H19BrN2O/c1-2-11-3-5-12(6-4-11)8-9(13)7-10/h9,13H,2-8H2,1H3. The summed E-state index contributed by atoms with van der Waals surface area (Å²) in [5.41, 5.74) is 0. The highest BCUT2D eigenvalue weighted by atomic mass is 79.9. The SMILES string of the molecule is CCN1CCN(CC(O)CBr)CC1. The Hall–Kier alpha value is 0.360. The van der Waals surface area contributed by atoms with Gasteiger partial charge in [-0.1, -0.05) is 22.9 Å². The zero-order valence-corrected chi connectivity index (χ0v) is 9.83. The average molecular weight is 251 g/mol. The van der Waals surface area contributed by atoms with E-state index < -0.39 is 0 Å². The average Bonchev–Trinajstić information content (AvgIpc) is 2.19. The molecule has 0 bridgehead atoms. The minimum Gasteiger partial charge on any atom is -0.391 e. The molecule has 3 nitrogen and oxygen atoms in total. The van der Waals surface area contributed by atoms with Crippen LogP contribution in [0.15, 0.2) is 0 Å². The lowest BCUT2D eigenvalue weighted by Crippen LogP contribution is -2.48. The minimum atomic E-state index is -0.215. The quantitative estimate of drug-likeness (QED) is 0.732. The van der Waals surface area contributed by atoms with E-state index in [0.29, 0.717) is 5.33 Å². The number of likely N-dealkylation sites (N-methyl/N-ethyl adjacent to an activating group) is 1. The van der Waals surface area contributed by atoms with Gasteiger partial charge < -0.3 is 10.0 Å². The van der Waals surface area contributed by atoms with Crippen LogP contribution in [0.4, 0.5) is 0 Å². The summed E-state index contributed by atoms with van der Waals surface area (Å²) in [6, 6.07) is 0. The molecule has 1 saturated heterocycles. The van der Waals surface area contributed by atoms with Crippen LogP contribution in [0.2, 0.25) is 0 Å². The van der Waals surface area contributed by atoms with Crippen LogP contribution in [0, 0.1) is 0 Å². The minimum absolute atomic E-state index is 0.215. The lowest BCUT2D eigenvalue weighted by atomic mass is 10.3. The van der Waals surface area contributed by atoms with Gasteiger partial charge in [-0.15, -0.1) is 0 Å². The van der Waals surface area contributed by atoms with Gasteiger partial charge in [0.1, 0.15) is 0 Å². The number of hydrogen-bond donors (Lipinski definition) is 1. The normalized spacial score (nSPS) is 23.3. The summed E-state index contributed by atoms with van der Waals surface area (Å²) >= 11 is 3.28. The monoisotopic (exact) mass is 250 g/mol. The van der Waals surface area contributed by atoms with Gasteiger partial charge in [-0.05, 0) is 6.54 Å². The van der Waals surface area contributed by atoms with Crippen LogP contribution in [-0.2, 0) is 0 Å². The molecule has 1 N–H and O–H groups in total. The number of nitrogens with zero attached hydrogens (tertiary/aromatic N) is 2. The van der Waals surface area contributed by atoms with E-state index >= 15 is 0 Å². The second kappa shape index (κ2) is 5.96. The van der Waals surface area contributed by atoms with Crippen molar-refractivity contribution in [3.63, 3.8) is 0 Å². The van der Waals surface area contributed by atoms with Crippen LogP contribution in [0.25, 0.3) is 0 Å². The van der Waals surface area contributed by atoms with E-state index in [1.54, 1.807) is 0 Å². The number of rotatable bonds is 4. The topological polar surface area (TPSA) is 26.7 Å². The summed E-state index contributed by atoms with van der Waals surface area (Å²) in [6.07, 6.45) is -0.215. The second-order valence-electron chi connectivity index (χ2n) is 3.54. The first-order chi connectivity index (χ1) is 6.26. The van der Waals surface area contributed by atoms with Crippen molar-refractivity contribution >= 4 is 15.9 Å². The van der Waals surface area contributed by atoms with Gasteiger partial charge in [-0.25, -0.2) is 0 Å². The molecule has 1 rings (SSSR count). The summed E-state index contributed by atoms with van der Waals surface area (Å²) in [5, 5.41) is 10.1. The Morgan fingerprint density at radius 1 is 1.23 bits per heavy atom. The van der Waals surface area contributed by atoms with Gasteiger partial charge in [0, 0.05) is 38.1 Å². The first-order valence-corrected chi connectivity index (χ1v) is 6.07. The van der Waals surface area contributed by atoms with Crippen molar-refractivity contribution in [3.05, 3.63) is 0 Å². The summed E-state index contributed by atoms with van der Waals surface area (Å²) in [5.74, 6) is 0. The Morgan fingerprint density at radius 3 is 2.23 bits per heavy atom. The van der Waals surface area contributed by atoms with Gasteiger partial charge in [-0.3, -0.25) is 4.90 Å². The molecule has 0 aromatic heterocycles. The number of hydrogen-bond acceptors (Lipinski definition) is 3. The van der Waals surface area contributed by atoms with Gasteiger partial charge >= 0.3 is 0 Å². The van der Waals surface area contributed by atoms with Crippen LogP contribution < -0.4 is 0 Å². The first-order valence-electron chi connectivity index (χ1n) is 4.95. The van der Waals surface area contributed by atoms with Gasteiger partial charge in [0.2, 0.25) is 0 Å². The molecular formula is C9H19BrN2O. The Labute approximate surface area is 88.8 Å². The Balaban J connectivity index is 2.17. The predicted molar refractivity (Wildman–Crippen MR) is 58.4 cm³/mol. The van der Waals surface area contributed by atoms with Crippen molar-refractivity contribution in [1.82, 2.24) is 9.80 Å². The van der Waals surface area contributed by atoms with Crippen molar-refractivity contribution in [2.45, 2.75) is 13.0 Å². The fourth-order valence-corrected chi connectivity index (χ4v) is 1.84. The number of aliphatic hydroxyl groups is 1. The molecule has 0 aromatic carbocycles. The van der Waals surface area contributed by atoms with E-state index in [1.807, 2.05) is 0 Å². The van der Waals surface area contributed by atoms with Gasteiger partial charge in [0.05, 0.1) is 6.10 Å². The Morgan fingerprint density at radius 2 is 1.77 bits per heavy atom. The number of β-amino-alcohol motifs (C(OH)–C–C–N with tert-alkyl or cyclic N) is 1. The molecule has 1 aliphatic heterocycles. The van der Waals surface area contributed by atoms with Gasteiger partial charge in [0.25, 0.3) is 0 Å². The Kier molecular flexibility index (Phi) is 5.24. The molecule has 0 aromatic rings. The van der Waals surface area contributed by atoms with E-state index in [-0.39, 0.29) is 6.10 Å². The lowest BCUT2D eigenvalue weighted by molar-refractivity contribution is 0.0853. The van der Waals surface area contributed by atoms with Crippen molar-refractivity contribution < 1.29 is 5.11 Å². The van der Waals surface area contributed by atoms with Crippen molar-refractivity contribution in [2.75, 3.05) is 44.6 Å². The highest BCUT2D eigenvalue weighted by Crippen LogP contribution is 2.03. The number of aliphatic hydroxyl groups excluding tert-OH is 1. The van der Waals surface area contributed by atoms with Gasteiger partial charge in [0.15, 0.2) is 0 Å². The molecule has 1 fully saturated rings. The lowest BCUT2D eigenvalue weighted by Gasteiger charge is -2.34. The molecule has 1 atom stereocenters.